The molecule has 0 aliphatic rings. The van der Waals surface area contributed by atoms with Gasteiger partial charge in [-0.25, -0.2) is 0 Å². The van der Waals surface area contributed by atoms with Crippen LogP contribution in [0.15, 0.2) is 48.5 Å². The molecule has 0 spiro atoms. The van der Waals surface area contributed by atoms with Gasteiger partial charge >= 0.3 is 0 Å². The van der Waals surface area contributed by atoms with E-state index in [0.29, 0.717) is 0 Å². The van der Waals surface area contributed by atoms with E-state index in [1.807, 2.05) is 23.5 Å². The van der Waals surface area contributed by atoms with Gasteiger partial charge in [0.25, 0.3) is 0 Å². The normalized spacial score (nSPS) is 12.3. The maximum absolute atomic E-state index is 9.07. The Kier molecular flexibility index (Phi) is 6.72. The number of aryl methyl sites for hydroxylation is 1. The average molecular weight is 320 g/mol. The van der Waals surface area contributed by atoms with E-state index in [1.165, 1.54) is 16.7 Å². The summed E-state index contributed by atoms with van der Waals surface area (Å²) in [6.45, 7) is 0.0944. The molecule has 1 N–H and O–H groups in total. The summed E-state index contributed by atoms with van der Waals surface area (Å²) in [4.78, 5) is 0. The molecule has 0 saturated carbocycles. The van der Waals surface area contributed by atoms with Gasteiger partial charge < -0.3 is 9.63 Å². The molecule has 0 amide bonds. The lowest BCUT2D eigenvalue weighted by Crippen LogP contribution is -1.91. The maximum Gasteiger partial charge on any atom is 0.0883 e. The number of aliphatic hydroxyl groups is 1. The Morgan fingerprint density at radius 3 is 1.90 bits per heavy atom. The van der Waals surface area contributed by atoms with Gasteiger partial charge in [0.05, 0.1) is 14.0 Å². The zero-order valence-corrected chi connectivity index (χ0v) is 14.2. The van der Waals surface area contributed by atoms with E-state index < -0.39 is 0 Å². The molecule has 112 valence electrons. The number of benzene rings is 2. The smallest absolute Gasteiger partial charge is 0.0883 e. The zero-order chi connectivity index (χ0) is 15.1. The van der Waals surface area contributed by atoms with E-state index in [2.05, 4.69) is 42.7 Å². The van der Waals surface area contributed by atoms with Crippen LogP contribution in [-0.2, 0) is 17.6 Å². The molecular weight excluding hydrogens is 299 g/mol. The fourth-order valence-electron chi connectivity index (χ4n) is 2.14. The van der Waals surface area contributed by atoms with Crippen molar-refractivity contribution < 1.29 is 9.63 Å². The molecule has 21 heavy (non-hydrogen) atoms. The fourth-order valence-corrected chi connectivity index (χ4v) is 4.37. The third-order valence-electron chi connectivity index (χ3n) is 3.41. The van der Waals surface area contributed by atoms with Crippen molar-refractivity contribution in [2.45, 2.75) is 13.0 Å². The molecule has 0 bridgehead atoms. The standard InChI is InChI=1S/C17H21O2PS/c1-19-20(21-2)12-11-14-3-7-16(8-4-14)17-9-5-15(13-18)6-10-17/h3-10,18H,11-13H2,1-2H3. The number of hydrogen-bond donors (Lipinski definition) is 1. The quantitative estimate of drug-likeness (QED) is 0.749. The van der Waals surface area contributed by atoms with Gasteiger partial charge in [-0.15, -0.1) is 11.4 Å². The van der Waals surface area contributed by atoms with Gasteiger partial charge in [-0.3, -0.25) is 0 Å². The molecule has 0 aliphatic carbocycles. The van der Waals surface area contributed by atoms with Crippen molar-refractivity contribution in [2.24, 2.45) is 0 Å². The highest BCUT2D eigenvalue weighted by atomic mass is 32.7. The van der Waals surface area contributed by atoms with Crippen LogP contribution in [0.1, 0.15) is 11.1 Å². The van der Waals surface area contributed by atoms with Crippen molar-refractivity contribution in [3.63, 3.8) is 0 Å². The van der Waals surface area contributed by atoms with Crippen molar-refractivity contribution in [1.29, 1.82) is 0 Å². The topological polar surface area (TPSA) is 29.5 Å². The second kappa shape index (κ2) is 8.55. The lowest BCUT2D eigenvalue weighted by atomic mass is 10.0. The molecule has 0 saturated heterocycles. The van der Waals surface area contributed by atoms with Crippen LogP contribution in [0.4, 0.5) is 0 Å². The Bertz CT molecular complexity index is 536. The molecule has 1 unspecified atom stereocenters. The largest absolute Gasteiger partial charge is 0.392 e. The Labute approximate surface area is 132 Å². The van der Waals surface area contributed by atoms with Crippen LogP contribution in [0.2, 0.25) is 0 Å². The van der Waals surface area contributed by atoms with E-state index >= 15 is 0 Å². The summed E-state index contributed by atoms with van der Waals surface area (Å²) >= 11 is 1.81. The van der Waals surface area contributed by atoms with Crippen LogP contribution in [0.3, 0.4) is 0 Å². The molecule has 2 aromatic carbocycles. The second-order valence-corrected chi connectivity index (χ2v) is 8.88. The van der Waals surface area contributed by atoms with Gasteiger partial charge in [0.1, 0.15) is 0 Å². The van der Waals surface area contributed by atoms with Gasteiger partial charge in [0, 0.05) is 13.3 Å². The summed E-state index contributed by atoms with van der Waals surface area (Å²) in [5, 5.41) is 9.07. The van der Waals surface area contributed by atoms with Crippen molar-refractivity contribution >= 4 is 18.7 Å². The van der Waals surface area contributed by atoms with Crippen molar-refractivity contribution in [3.8, 4) is 11.1 Å². The molecule has 2 aromatic rings. The van der Waals surface area contributed by atoms with E-state index in [0.717, 1.165) is 18.1 Å². The first-order chi connectivity index (χ1) is 10.3. The first-order valence-electron chi connectivity index (χ1n) is 6.91. The van der Waals surface area contributed by atoms with Crippen LogP contribution in [-0.4, -0.2) is 24.6 Å². The molecule has 2 nitrogen and oxygen atoms in total. The van der Waals surface area contributed by atoms with Crippen LogP contribution in [0, 0.1) is 0 Å². The lowest BCUT2D eigenvalue weighted by molar-refractivity contribution is 0.282. The minimum atomic E-state index is -0.344. The molecule has 2 rings (SSSR count). The number of aliphatic hydroxyl groups excluding tert-OH is 1. The SMILES string of the molecule is COP(CCc1ccc(-c2ccc(CO)cc2)cc1)SC. The number of hydrogen-bond acceptors (Lipinski definition) is 3. The number of rotatable bonds is 7. The van der Waals surface area contributed by atoms with E-state index in [4.69, 9.17) is 9.63 Å². The van der Waals surface area contributed by atoms with Gasteiger partial charge in [0.2, 0.25) is 0 Å². The highest BCUT2D eigenvalue weighted by Crippen LogP contribution is 2.48. The summed E-state index contributed by atoms with van der Waals surface area (Å²) in [6, 6.07) is 16.8. The Morgan fingerprint density at radius 2 is 1.48 bits per heavy atom. The van der Waals surface area contributed by atoms with Crippen LogP contribution < -0.4 is 0 Å². The van der Waals surface area contributed by atoms with Crippen LogP contribution in [0.5, 0.6) is 0 Å². The van der Waals surface area contributed by atoms with Gasteiger partial charge in [-0.1, -0.05) is 48.5 Å². The van der Waals surface area contributed by atoms with Crippen molar-refractivity contribution in [3.05, 3.63) is 59.7 Å². The van der Waals surface area contributed by atoms with Crippen LogP contribution in [0.25, 0.3) is 11.1 Å². The van der Waals surface area contributed by atoms with Gasteiger partial charge in [-0.2, -0.15) is 0 Å². The maximum atomic E-state index is 9.07. The molecule has 0 aromatic heterocycles. The summed E-state index contributed by atoms with van der Waals surface area (Å²) in [5.41, 5.74) is 4.69. The molecule has 0 aliphatic heterocycles. The monoisotopic (exact) mass is 320 g/mol. The molecule has 0 radical (unpaired) electrons. The third kappa shape index (κ3) is 4.82. The summed E-state index contributed by atoms with van der Waals surface area (Å²) < 4.78 is 5.44. The Balaban J connectivity index is 2.00. The van der Waals surface area contributed by atoms with Crippen molar-refractivity contribution in [2.75, 3.05) is 19.5 Å². The van der Waals surface area contributed by atoms with E-state index in [1.54, 1.807) is 7.11 Å². The van der Waals surface area contributed by atoms with Crippen molar-refractivity contribution in [1.82, 2.24) is 0 Å². The highest BCUT2D eigenvalue weighted by molar-refractivity contribution is 8.53. The average Bonchev–Trinajstić information content (AvgIpc) is 2.56. The first-order valence-corrected chi connectivity index (χ1v) is 10.2. The lowest BCUT2D eigenvalue weighted by Gasteiger charge is -2.11. The molecule has 0 fully saturated rings. The summed E-state index contributed by atoms with van der Waals surface area (Å²) in [6.07, 6.45) is 4.26. The van der Waals surface area contributed by atoms with Gasteiger partial charge in [-0.05, 0) is 34.9 Å². The minimum Gasteiger partial charge on any atom is -0.392 e. The predicted molar refractivity (Wildman–Crippen MR) is 93.8 cm³/mol. The first kappa shape index (κ1) is 16.5. The summed E-state index contributed by atoms with van der Waals surface area (Å²) in [5.74, 6) is 0. The zero-order valence-electron chi connectivity index (χ0n) is 12.5. The molecule has 0 heterocycles. The van der Waals surface area contributed by atoms with E-state index in [9.17, 15) is 0 Å². The molecule has 4 heteroatoms. The molecular formula is C17H21O2PS. The Morgan fingerprint density at radius 1 is 0.952 bits per heavy atom. The fraction of sp³-hybridized carbons (Fsp3) is 0.294. The van der Waals surface area contributed by atoms with E-state index in [-0.39, 0.29) is 14.0 Å². The predicted octanol–water partition coefficient (Wildman–Crippen LogP) is 4.71. The van der Waals surface area contributed by atoms with Crippen LogP contribution >= 0.6 is 18.7 Å². The summed E-state index contributed by atoms with van der Waals surface area (Å²) in [7, 11) is 1.45. The minimum absolute atomic E-state index is 0.0944. The second-order valence-electron chi connectivity index (χ2n) is 4.72. The third-order valence-corrected chi connectivity index (χ3v) is 7.03. The Hall–Kier alpha value is -0.860. The molecule has 1 atom stereocenters. The highest BCUT2D eigenvalue weighted by Gasteiger charge is 2.05. The van der Waals surface area contributed by atoms with Gasteiger partial charge in [0.15, 0.2) is 0 Å².